The summed E-state index contributed by atoms with van der Waals surface area (Å²) >= 11 is 0. The Morgan fingerprint density at radius 2 is 0.929 bits per heavy atom. The summed E-state index contributed by atoms with van der Waals surface area (Å²) in [5.74, 6) is 0.681. The minimum atomic E-state index is -0.0317. The van der Waals surface area contributed by atoms with Crippen molar-refractivity contribution in [3.8, 4) is 11.5 Å². The molecular weight excluding hydrogens is 516 g/mol. The van der Waals surface area contributed by atoms with Crippen LogP contribution in [0.4, 0.5) is 0 Å². The van der Waals surface area contributed by atoms with Crippen molar-refractivity contribution in [2.75, 3.05) is 0 Å². The molecule has 0 unspecified atom stereocenters. The highest BCUT2D eigenvalue weighted by molar-refractivity contribution is 5.86. The van der Waals surface area contributed by atoms with Gasteiger partial charge in [0.25, 0.3) is 0 Å². The summed E-state index contributed by atoms with van der Waals surface area (Å²) in [6, 6.07) is 8.61. The second kappa shape index (κ2) is 12.5. The van der Waals surface area contributed by atoms with Crippen molar-refractivity contribution in [2.45, 2.75) is 145 Å². The molecule has 0 amide bonds. The number of aliphatic imine (C=N–C) groups is 2. The molecule has 2 aromatic rings. The fourth-order valence-corrected chi connectivity index (χ4v) is 5.70. The Labute approximate surface area is 256 Å². The van der Waals surface area contributed by atoms with Crippen LogP contribution in [0.25, 0.3) is 0 Å². The van der Waals surface area contributed by atoms with Gasteiger partial charge < -0.3 is 10.2 Å². The van der Waals surface area contributed by atoms with E-state index in [2.05, 4.69) is 107 Å². The van der Waals surface area contributed by atoms with E-state index in [4.69, 9.17) is 9.98 Å². The largest absolute Gasteiger partial charge is 0.507 e. The minimum absolute atomic E-state index is 0.0317. The lowest BCUT2D eigenvalue weighted by Gasteiger charge is -2.27. The number of phenolic OH excluding ortho intramolecular Hbond substituents is 2. The van der Waals surface area contributed by atoms with Crippen LogP contribution >= 0.6 is 0 Å². The highest BCUT2D eigenvalue weighted by Crippen LogP contribution is 2.36. The van der Waals surface area contributed by atoms with Gasteiger partial charge in [0.2, 0.25) is 0 Å². The van der Waals surface area contributed by atoms with E-state index in [1.807, 2.05) is 12.4 Å². The Balaban J connectivity index is 1.97. The summed E-state index contributed by atoms with van der Waals surface area (Å²) in [7, 11) is 0. The van der Waals surface area contributed by atoms with Gasteiger partial charge in [0.05, 0.1) is 12.1 Å². The van der Waals surface area contributed by atoms with E-state index < -0.39 is 0 Å². The van der Waals surface area contributed by atoms with Crippen molar-refractivity contribution in [2.24, 2.45) is 20.8 Å². The minimum Gasteiger partial charge on any atom is -0.507 e. The number of nitrogens with zero attached hydrogens (tertiary/aromatic N) is 2. The van der Waals surface area contributed by atoms with Gasteiger partial charge in [0.15, 0.2) is 0 Å². The van der Waals surface area contributed by atoms with Crippen molar-refractivity contribution in [3.63, 3.8) is 0 Å². The lowest BCUT2D eigenvalue weighted by Crippen LogP contribution is -2.27. The second-order valence-electron chi connectivity index (χ2n) is 17.1. The van der Waals surface area contributed by atoms with Crippen molar-refractivity contribution >= 4 is 12.4 Å². The van der Waals surface area contributed by atoms with E-state index in [0.29, 0.717) is 11.5 Å². The summed E-state index contributed by atoms with van der Waals surface area (Å²) in [4.78, 5) is 10.1. The van der Waals surface area contributed by atoms with Gasteiger partial charge in [-0.25, -0.2) is 0 Å². The molecule has 2 N–H and O–H groups in total. The SMILES string of the molecule is CC(C)(C)Cc1cc(C(C)(C)C)cc(C=N[C@@H]2CCCC[C@H]2N=Cc2cc(C(C)(C)C)cc(CC(C)(C)C)c2O)c1O. The van der Waals surface area contributed by atoms with E-state index in [9.17, 15) is 10.2 Å². The maximum atomic E-state index is 11.3. The molecule has 232 valence electrons. The molecule has 1 fully saturated rings. The summed E-state index contributed by atoms with van der Waals surface area (Å²) in [5.41, 5.74) is 6.02. The van der Waals surface area contributed by atoms with Gasteiger partial charge in [-0.3, -0.25) is 9.98 Å². The Morgan fingerprint density at radius 3 is 1.21 bits per heavy atom. The fourth-order valence-electron chi connectivity index (χ4n) is 5.70. The Kier molecular flexibility index (Phi) is 10.1. The van der Waals surface area contributed by atoms with Crippen LogP contribution in [0, 0.1) is 10.8 Å². The smallest absolute Gasteiger partial charge is 0.127 e. The Morgan fingerprint density at radius 1 is 0.595 bits per heavy atom. The van der Waals surface area contributed by atoms with Crippen LogP contribution < -0.4 is 0 Å². The van der Waals surface area contributed by atoms with E-state index >= 15 is 0 Å². The lowest BCUT2D eigenvalue weighted by molar-refractivity contribution is 0.388. The number of aromatic hydroxyl groups is 2. The molecule has 42 heavy (non-hydrogen) atoms. The van der Waals surface area contributed by atoms with Crippen molar-refractivity contribution in [3.05, 3.63) is 57.6 Å². The highest BCUT2D eigenvalue weighted by atomic mass is 16.3. The van der Waals surface area contributed by atoms with Crippen molar-refractivity contribution in [1.82, 2.24) is 0 Å². The zero-order valence-electron chi connectivity index (χ0n) is 28.7. The monoisotopic (exact) mass is 574 g/mol. The topological polar surface area (TPSA) is 65.2 Å². The summed E-state index contributed by atoms with van der Waals surface area (Å²) in [6.45, 7) is 26.5. The first-order valence-corrected chi connectivity index (χ1v) is 15.9. The fraction of sp³-hybridized carbons (Fsp3) is 0.632. The van der Waals surface area contributed by atoms with E-state index in [1.54, 1.807) is 0 Å². The molecule has 0 heterocycles. The molecule has 0 radical (unpaired) electrons. The number of hydrogen-bond acceptors (Lipinski definition) is 4. The van der Waals surface area contributed by atoms with Crippen LogP contribution in [-0.4, -0.2) is 34.7 Å². The zero-order valence-corrected chi connectivity index (χ0v) is 28.7. The third-order valence-corrected chi connectivity index (χ3v) is 8.11. The van der Waals surface area contributed by atoms with Gasteiger partial charge in [0.1, 0.15) is 11.5 Å². The van der Waals surface area contributed by atoms with Crippen molar-refractivity contribution < 1.29 is 10.2 Å². The van der Waals surface area contributed by atoms with Gasteiger partial charge in [-0.05, 0) is 81.7 Å². The molecule has 1 saturated carbocycles. The van der Waals surface area contributed by atoms with Gasteiger partial charge in [0, 0.05) is 23.6 Å². The summed E-state index contributed by atoms with van der Waals surface area (Å²) < 4.78 is 0. The first kappa shape index (κ1) is 33.9. The summed E-state index contributed by atoms with van der Waals surface area (Å²) in [5, 5.41) is 22.5. The lowest BCUT2D eigenvalue weighted by atomic mass is 9.81. The number of benzene rings is 2. The summed E-state index contributed by atoms with van der Waals surface area (Å²) in [6.07, 6.45) is 9.55. The average Bonchev–Trinajstić information content (AvgIpc) is 2.82. The molecule has 1 aliphatic rings. The first-order chi connectivity index (χ1) is 19.1. The van der Waals surface area contributed by atoms with Gasteiger partial charge in [-0.15, -0.1) is 0 Å². The predicted octanol–water partition coefficient (Wildman–Crippen LogP) is 9.72. The van der Waals surface area contributed by atoms with Crippen LogP contribution in [-0.2, 0) is 23.7 Å². The van der Waals surface area contributed by atoms with E-state index in [1.165, 1.54) is 11.1 Å². The molecule has 1 aliphatic carbocycles. The van der Waals surface area contributed by atoms with Gasteiger partial charge in [-0.1, -0.05) is 108 Å². The van der Waals surface area contributed by atoms with E-state index in [-0.39, 0.29) is 33.7 Å². The molecule has 4 nitrogen and oxygen atoms in total. The molecule has 0 aliphatic heterocycles. The molecular formula is C38H58N2O2. The third-order valence-electron chi connectivity index (χ3n) is 8.11. The Hall–Kier alpha value is -2.62. The molecule has 0 spiro atoms. The average molecular weight is 575 g/mol. The normalized spacial score (nSPS) is 19.2. The van der Waals surface area contributed by atoms with E-state index in [0.717, 1.165) is 60.8 Å². The quantitative estimate of drug-likeness (QED) is 0.337. The third kappa shape index (κ3) is 9.44. The first-order valence-electron chi connectivity index (χ1n) is 15.9. The van der Waals surface area contributed by atoms with Gasteiger partial charge in [-0.2, -0.15) is 0 Å². The van der Waals surface area contributed by atoms with Crippen molar-refractivity contribution in [1.29, 1.82) is 0 Å². The standard InChI is InChI=1S/C38H58N2O2/c1-35(2,3)21-25-17-29(37(7,8)9)19-27(33(25)41)23-39-31-15-13-14-16-32(31)40-24-28-20-30(38(10,11)12)18-26(34(28)42)22-36(4,5)6/h17-20,23-24,31-32,41-42H,13-16,21-22H2,1-12H3/t31-,32-/m1/s1. The van der Waals surface area contributed by atoms with Gasteiger partial charge >= 0.3 is 0 Å². The number of phenols is 2. The molecule has 0 saturated heterocycles. The second-order valence-corrected chi connectivity index (χ2v) is 17.1. The molecule has 2 atom stereocenters. The maximum absolute atomic E-state index is 11.3. The molecule has 4 heteroatoms. The number of hydrogen-bond donors (Lipinski definition) is 2. The van der Waals surface area contributed by atoms with Crippen LogP contribution in [0.15, 0.2) is 34.3 Å². The Bertz CT molecular complexity index is 1190. The number of rotatable bonds is 6. The molecule has 0 bridgehead atoms. The molecule has 0 aromatic heterocycles. The highest BCUT2D eigenvalue weighted by Gasteiger charge is 2.26. The van der Waals surface area contributed by atoms with Crippen LogP contribution in [0.2, 0.25) is 0 Å². The van der Waals surface area contributed by atoms with Crippen LogP contribution in [0.1, 0.15) is 142 Å². The molecule has 2 aromatic carbocycles. The maximum Gasteiger partial charge on any atom is 0.127 e. The predicted molar refractivity (Wildman–Crippen MR) is 181 cm³/mol. The molecule has 3 rings (SSSR count). The van der Waals surface area contributed by atoms with Crippen LogP contribution in [0.3, 0.4) is 0 Å². The van der Waals surface area contributed by atoms with Crippen LogP contribution in [0.5, 0.6) is 11.5 Å². The zero-order chi connectivity index (χ0) is 31.7.